The number of hydrogen-bond acceptors (Lipinski definition) is 4. The van der Waals surface area contributed by atoms with Crippen LogP contribution in [0.5, 0.6) is 5.75 Å². The second-order valence-electron chi connectivity index (χ2n) is 3.73. The summed E-state index contributed by atoms with van der Waals surface area (Å²) in [6.07, 6.45) is 0. The Bertz CT molecular complexity index is 583. The van der Waals surface area contributed by atoms with E-state index in [1.165, 1.54) is 17.4 Å². The lowest BCUT2D eigenvalue weighted by molar-refractivity contribution is 0.0948. The molecule has 18 heavy (non-hydrogen) atoms. The standard InChI is InChI=1S/C12H11FN2O2S/c1-7-6-18-11(15-7)5-14-12(17)9-3-2-8(13)4-10(9)16/h2-4,6,16H,5H2,1H3,(H,14,17). The van der Waals surface area contributed by atoms with Crippen LogP contribution in [-0.2, 0) is 6.54 Å². The number of phenols is 1. The molecule has 0 bridgehead atoms. The van der Waals surface area contributed by atoms with Crippen molar-refractivity contribution in [1.82, 2.24) is 10.3 Å². The Morgan fingerprint density at radius 2 is 2.33 bits per heavy atom. The molecule has 4 nitrogen and oxygen atoms in total. The molecule has 0 radical (unpaired) electrons. The van der Waals surface area contributed by atoms with Crippen molar-refractivity contribution in [2.24, 2.45) is 0 Å². The monoisotopic (exact) mass is 266 g/mol. The Balaban J connectivity index is 2.03. The van der Waals surface area contributed by atoms with E-state index in [1.54, 1.807) is 0 Å². The molecule has 2 aromatic rings. The molecular weight excluding hydrogens is 255 g/mol. The van der Waals surface area contributed by atoms with Gasteiger partial charge in [0, 0.05) is 17.1 Å². The minimum absolute atomic E-state index is 0.0460. The third-order valence-electron chi connectivity index (χ3n) is 2.27. The van der Waals surface area contributed by atoms with Crippen LogP contribution in [0.15, 0.2) is 23.6 Å². The fourth-order valence-corrected chi connectivity index (χ4v) is 2.14. The molecule has 0 fully saturated rings. The van der Waals surface area contributed by atoms with Crippen LogP contribution in [0.1, 0.15) is 21.1 Å². The van der Waals surface area contributed by atoms with Crippen molar-refractivity contribution in [2.45, 2.75) is 13.5 Å². The van der Waals surface area contributed by atoms with Crippen LogP contribution in [0, 0.1) is 12.7 Å². The van der Waals surface area contributed by atoms with Gasteiger partial charge in [-0.3, -0.25) is 4.79 Å². The van der Waals surface area contributed by atoms with Crippen LogP contribution in [0.25, 0.3) is 0 Å². The molecule has 0 spiro atoms. The molecule has 0 atom stereocenters. The van der Waals surface area contributed by atoms with Gasteiger partial charge in [-0.2, -0.15) is 0 Å². The lowest BCUT2D eigenvalue weighted by Crippen LogP contribution is -2.22. The zero-order valence-corrected chi connectivity index (χ0v) is 10.4. The lowest BCUT2D eigenvalue weighted by atomic mass is 10.2. The quantitative estimate of drug-likeness (QED) is 0.895. The van der Waals surface area contributed by atoms with E-state index in [2.05, 4.69) is 10.3 Å². The molecule has 0 unspecified atom stereocenters. The van der Waals surface area contributed by atoms with Gasteiger partial charge in [0.2, 0.25) is 0 Å². The van der Waals surface area contributed by atoms with Gasteiger partial charge in [0.25, 0.3) is 5.91 Å². The topological polar surface area (TPSA) is 62.2 Å². The molecular formula is C12H11FN2O2S. The largest absolute Gasteiger partial charge is 0.507 e. The van der Waals surface area contributed by atoms with Crippen molar-refractivity contribution in [2.75, 3.05) is 0 Å². The van der Waals surface area contributed by atoms with E-state index in [1.807, 2.05) is 12.3 Å². The summed E-state index contributed by atoms with van der Waals surface area (Å²) in [5.74, 6) is -1.41. The number of aromatic hydroxyl groups is 1. The van der Waals surface area contributed by atoms with Crippen molar-refractivity contribution in [3.63, 3.8) is 0 Å². The molecule has 0 aliphatic carbocycles. The minimum Gasteiger partial charge on any atom is -0.507 e. The SMILES string of the molecule is Cc1csc(CNC(=O)c2ccc(F)cc2O)n1. The van der Waals surface area contributed by atoms with E-state index in [0.29, 0.717) is 0 Å². The minimum atomic E-state index is -0.584. The third kappa shape index (κ3) is 2.84. The number of nitrogens with one attached hydrogen (secondary N) is 1. The average molecular weight is 266 g/mol. The number of aromatic nitrogens is 1. The van der Waals surface area contributed by atoms with Crippen LogP contribution in [-0.4, -0.2) is 16.0 Å². The number of nitrogens with zero attached hydrogens (tertiary/aromatic N) is 1. The van der Waals surface area contributed by atoms with Gasteiger partial charge < -0.3 is 10.4 Å². The summed E-state index contributed by atoms with van der Waals surface area (Å²) >= 11 is 1.45. The predicted molar refractivity (Wildman–Crippen MR) is 66.1 cm³/mol. The molecule has 0 aliphatic rings. The summed E-state index contributed by atoms with van der Waals surface area (Å²) in [5, 5.41) is 14.7. The first-order chi connectivity index (χ1) is 8.56. The van der Waals surface area contributed by atoms with E-state index in [9.17, 15) is 14.3 Å². The van der Waals surface area contributed by atoms with E-state index < -0.39 is 11.7 Å². The highest BCUT2D eigenvalue weighted by atomic mass is 32.1. The average Bonchev–Trinajstić information content (AvgIpc) is 2.72. The molecule has 1 aromatic carbocycles. The molecule has 0 aliphatic heterocycles. The smallest absolute Gasteiger partial charge is 0.255 e. The highest BCUT2D eigenvalue weighted by Gasteiger charge is 2.12. The fraction of sp³-hybridized carbons (Fsp3) is 0.167. The van der Waals surface area contributed by atoms with Crippen molar-refractivity contribution < 1.29 is 14.3 Å². The summed E-state index contributed by atoms with van der Waals surface area (Å²) in [5.41, 5.74) is 0.943. The maximum atomic E-state index is 12.8. The molecule has 1 aromatic heterocycles. The molecule has 1 heterocycles. The fourth-order valence-electron chi connectivity index (χ4n) is 1.43. The zero-order valence-electron chi connectivity index (χ0n) is 9.61. The first kappa shape index (κ1) is 12.5. The highest BCUT2D eigenvalue weighted by molar-refractivity contribution is 7.09. The Morgan fingerprint density at radius 3 is 2.94 bits per heavy atom. The van der Waals surface area contributed by atoms with Gasteiger partial charge in [0.15, 0.2) is 0 Å². The summed E-state index contributed by atoms with van der Waals surface area (Å²) in [6, 6.07) is 3.28. The second kappa shape index (κ2) is 5.14. The van der Waals surface area contributed by atoms with Crippen LogP contribution in [0.2, 0.25) is 0 Å². The number of rotatable bonds is 3. The molecule has 1 amide bonds. The molecule has 94 valence electrons. The van der Waals surface area contributed by atoms with Gasteiger partial charge in [-0.05, 0) is 19.1 Å². The number of amides is 1. The number of benzene rings is 1. The van der Waals surface area contributed by atoms with Crippen molar-refractivity contribution in [3.05, 3.63) is 45.7 Å². The Kier molecular flexibility index (Phi) is 3.57. The Hall–Kier alpha value is -1.95. The van der Waals surface area contributed by atoms with E-state index in [0.717, 1.165) is 22.8 Å². The maximum Gasteiger partial charge on any atom is 0.255 e. The lowest BCUT2D eigenvalue weighted by Gasteiger charge is -2.05. The molecule has 2 rings (SSSR count). The van der Waals surface area contributed by atoms with E-state index in [-0.39, 0.29) is 17.9 Å². The number of carbonyl (C=O) groups excluding carboxylic acids is 1. The van der Waals surface area contributed by atoms with Crippen LogP contribution < -0.4 is 5.32 Å². The summed E-state index contributed by atoms with van der Waals surface area (Å²) in [7, 11) is 0. The molecule has 0 saturated carbocycles. The number of phenolic OH excluding ortho intramolecular Hbond substituents is 1. The molecule has 2 N–H and O–H groups in total. The molecule has 6 heteroatoms. The number of hydrogen-bond donors (Lipinski definition) is 2. The first-order valence-electron chi connectivity index (χ1n) is 5.24. The number of carbonyl (C=O) groups is 1. The van der Waals surface area contributed by atoms with Gasteiger partial charge in [0.05, 0.1) is 12.1 Å². The van der Waals surface area contributed by atoms with Gasteiger partial charge in [-0.1, -0.05) is 0 Å². The summed E-state index contributed by atoms with van der Waals surface area (Å²) < 4.78 is 12.8. The van der Waals surface area contributed by atoms with Crippen molar-refractivity contribution in [1.29, 1.82) is 0 Å². The number of aryl methyl sites for hydroxylation is 1. The summed E-state index contributed by atoms with van der Waals surface area (Å²) in [6.45, 7) is 2.15. The van der Waals surface area contributed by atoms with Gasteiger partial charge in [-0.15, -0.1) is 11.3 Å². The van der Waals surface area contributed by atoms with Crippen LogP contribution in [0.3, 0.4) is 0 Å². The van der Waals surface area contributed by atoms with Crippen LogP contribution in [0.4, 0.5) is 4.39 Å². The number of halogens is 1. The molecule has 0 saturated heterocycles. The van der Waals surface area contributed by atoms with Gasteiger partial charge in [0.1, 0.15) is 16.6 Å². The predicted octanol–water partition coefficient (Wildman–Crippen LogP) is 2.23. The van der Waals surface area contributed by atoms with Crippen LogP contribution >= 0.6 is 11.3 Å². The van der Waals surface area contributed by atoms with Crippen molar-refractivity contribution in [3.8, 4) is 5.75 Å². The highest BCUT2D eigenvalue weighted by Crippen LogP contribution is 2.18. The van der Waals surface area contributed by atoms with E-state index in [4.69, 9.17) is 0 Å². The van der Waals surface area contributed by atoms with Crippen molar-refractivity contribution >= 4 is 17.2 Å². The zero-order chi connectivity index (χ0) is 13.1. The van der Waals surface area contributed by atoms with Gasteiger partial charge >= 0.3 is 0 Å². The summed E-state index contributed by atoms with van der Waals surface area (Å²) in [4.78, 5) is 15.9. The Labute approximate surface area is 107 Å². The third-order valence-corrected chi connectivity index (χ3v) is 3.24. The number of thiazole rings is 1. The normalized spacial score (nSPS) is 10.3. The first-order valence-corrected chi connectivity index (χ1v) is 6.12. The second-order valence-corrected chi connectivity index (χ2v) is 4.67. The Morgan fingerprint density at radius 1 is 1.56 bits per heavy atom. The van der Waals surface area contributed by atoms with E-state index >= 15 is 0 Å². The van der Waals surface area contributed by atoms with Gasteiger partial charge in [-0.25, -0.2) is 9.37 Å². The maximum absolute atomic E-state index is 12.8.